The Hall–Kier alpha value is -3.37. The highest BCUT2D eigenvalue weighted by Crippen LogP contribution is 2.35. The number of benzene rings is 2. The predicted molar refractivity (Wildman–Crippen MR) is 120 cm³/mol. The van der Waals surface area contributed by atoms with Crippen LogP contribution in [0.3, 0.4) is 0 Å². The fourth-order valence-electron chi connectivity index (χ4n) is 3.72. The van der Waals surface area contributed by atoms with Gasteiger partial charge in [0.1, 0.15) is 18.3 Å². The molecule has 0 amide bonds. The Kier molecular flexibility index (Phi) is 6.48. The molecule has 1 N–H and O–H groups in total. The Labute approximate surface area is 181 Å². The molecule has 0 spiro atoms. The van der Waals surface area contributed by atoms with Crippen LogP contribution in [0, 0.1) is 12.3 Å². The van der Waals surface area contributed by atoms with Crippen molar-refractivity contribution in [1.82, 2.24) is 14.9 Å². The van der Waals surface area contributed by atoms with Crippen molar-refractivity contribution < 1.29 is 13.9 Å². The number of likely N-dealkylation sites (tertiary alicyclic amines) is 1. The highest BCUT2D eigenvalue weighted by molar-refractivity contribution is 5.93. The van der Waals surface area contributed by atoms with Gasteiger partial charge in [0.2, 0.25) is 0 Å². The van der Waals surface area contributed by atoms with Crippen molar-refractivity contribution in [3.05, 3.63) is 48.3 Å². The van der Waals surface area contributed by atoms with Gasteiger partial charge in [0.25, 0.3) is 0 Å². The van der Waals surface area contributed by atoms with E-state index in [0.29, 0.717) is 36.9 Å². The van der Waals surface area contributed by atoms with E-state index in [1.165, 1.54) is 6.33 Å². The first-order valence-corrected chi connectivity index (χ1v) is 10.3. The molecule has 3 aromatic rings. The third-order valence-corrected chi connectivity index (χ3v) is 5.30. The van der Waals surface area contributed by atoms with Crippen molar-refractivity contribution in [3.63, 3.8) is 0 Å². The van der Waals surface area contributed by atoms with Crippen LogP contribution in [-0.4, -0.2) is 54.4 Å². The minimum absolute atomic E-state index is 0.510. The molecule has 2 aromatic carbocycles. The van der Waals surface area contributed by atoms with Crippen LogP contribution in [0.25, 0.3) is 10.9 Å². The number of nitrogens with zero attached hydrogens (tertiary/aromatic N) is 3. The fraction of sp³-hybridized carbons (Fsp3) is 0.333. The minimum atomic E-state index is -0.700. The Morgan fingerprint density at radius 1 is 1.26 bits per heavy atom. The minimum Gasteiger partial charge on any atom is -0.493 e. The van der Waals surface area contributed by atoms with Gasteiger partial charge in [-0.25, -0.2) is 14.4 Å². The number of nitrogens with one attached hydrogen (secondary N) is 1. The van der Waals surface area contributed by atoms with Crippen LogP contribution in [0.15, 0.2) is 42.7 Å². The third kappa shape index (κ3) is 5.04. The standard InChI is InChI=1S/C24H25FN4O2/c1-3-17-6-4-7-19(12-17)28-24-20-13-23(22(30-2)14-21(20)26-16-27-24)31-11-5-9-29-10-8-18(25)15-29/h1,4,6-7,12-14,16,18H,5,8-11,15H2,2H3,(H,26,27,28)/t18-/m1/s1. The van der Waals surface area contributed by atoms with Gasteiger partial charge in [-0.2, -0.15) is 0 Å². The fourth-order valence-corrected chi connectivity index (χ4v) is 3.72. The lowest BCUT2D eigenvalue weighted by Gasteiger charge is -2.16. The van der Waals surface area contributed by atoms with Crippen LogP contribution in [-0.2, 0) is 0 Å². The van der Waals surface area contributed by atoms with Crippen LogP contribution >= 0.6 is 0 Å². The zero-order chi connectivity index (χ0) is 21.6. The maximum atomic E-state index is 13.3. The number of halogens is 1. The maximum Gasteiger partial charge on any atom is 0.162 e. The molecule has 4 rings (SSSR count). The molecule has 1 fully saturated rings. The number of ether oxygens (including phenoxy) is 2. The lowest BCUT2D eigenvalue weighted by Crippen LogP contribution is -2.23. The van der Waals surface area contributed by atoms with E-state index in [4.69, 9.17) is 15.9 Å². The Bertz CT molecular complexity index is 1100. The Balaban J connectivity index is 1.51. The number of hydrogen-bond donors (Lipinski definition) is 1. The van der Waals surface area contributed by atoms with E-state index < -0.39 is 6.17 Å². The second-order valence-corrected chi connectivity index (χ2v) is 7.48. The number of rotatable bonds is 8. The molecule has 0 radical (unpaired) electrons. The van der Waals surface area contributed by atoms with Gasteiger partial charge in [-0.1, -0.05) is 12.0 Å². The molecule has 0 aliphatic carbocycles. The third-order valence-electron chi connectivity index (χ3n) is 5.30. The number of anilines is 2. The number of hydrogen-bond acceptors (Lipinski definition) is 6. The number of aromatic nitrogens is 2. The van der Waals surface area contributed by atoms with Gasteiger partial charge in [0, 0.05) is 42.3 Å². The summed E-state index contributed by atoms with van der Waals surface area (Å²) in [5.74, 6) is 4.51. The van der Waals surface area contributed by atoms with Crippen molar-refractivity contribution in [2.45, 2.75) is 19.0 Å². The Morgan fingerprint density at radius 3 is 2.94 bits per heavy atom. The first kappa shape index (κ1) is 20.9. The molecule has 1 aliphatic rings. The van der Waals surface area contributed by atoms with Crippen molar-refractivity contribution in [2.75, 3.05) is 38.7 Å². The quantitative estimate of drug-likeness (QED) is 0.436. The summed E-state index contributed by atoms with van der Waals surface area (Å²) in [7, 11) is 1.60. The second kappa shape index (κ2) is 9.63. The van der Waals surface area contributed by atoms with Crippen LogP contribution in [0.2, 0.25) is 0 Å². The summed E-state index contributed by atoms with van der Waals surface area (Å²) in [5, 5.41) is 4.12. The van der Waals surface area contributed by atoms with Crippen LogP contribution in [0.4, 0.5) is 15.9 Å². The highest BCUT2D eigenvalue weighted by atomic mass is 19.1. The molecule has 1 aliphatic heterocycles. The summed E-state index contributed by atoms with van der Waals surface area (Å²) in [5.41, 5.74) is 2.36. The molecular formula is C24H25FN4O2. The SMILES string of the molecule is C#Cc1cccc(Nc2ncnc3cc(OC)c(OCCCN4CC[C@@H](F)C4)cc23)c1. The van der Waals surface area contributed by atoms with Crippen LogP contribution in [0.1, 0.15) is 18.4 Å². The topological polar surface area (TPSA) is 59.5 Å². The number of methoxy groups -OCH3 is 1. The zero-order valence-electron chi connectivity index (χ0n) is 17.5. The van der Waals surface area contributed by atoms with E-state index in [1.807, 2.05) is 36.4 Å². The monoisotopic (exact) mass is 420 g/mol. The van der Waals surface area contributed by atoms with E-state index in [9.17, 15) is 4.39 Å². The van der Waals surface area contributed by atoms with E-state index >= 15 is 0 Å². The van der Waals surface area contributed by atoms with Crippen molar-refractivity contribution in [1.29, 1.82) is 0 Å². The van der Waals surface area contributed by atoms with Gasteiger partial charge in [0.15, 0.2) is 11.5 Å². The van der Waals surface area contributed by atoms with Crippen molar-refractivity contribution >= 4 is 22.4 Å². The molecule has 1 atom stereocenters. The number of alkyl halides is 1. The summed E-state index contributed by atoms with van der Waals surface area (Å²) in [6.07, 6.45) is 7.74. The molecule has 0 unspecified atom stereocenters. The zero-order valence-corrected chi connectivity index (χ0v) is 17.5. The summed E-state index contributed by atoms with van der Waals surface area (Å²) in [4.78, 5) is 10.9. The molecule has 6 nitrogen and oxygen atoms in total. The summed E-state index contributed by atoms with van der Waals surface area (Å²) >= 11 is 0. The molecule has 2 heterocycles. The van der Waals surface area contributed by atoms with Gasteiger partial charge < -0.3 is 19.7 Å². The first-order chi connectivity index (χ1) is 15.2. The molecule has 7 heteroatoms. The van der Waals surface area contributed by atoms with E-state index in [2.05, 4.69) is 26.1 Å². The van der Waals surface area contributed by atoms with Crippen molar-refractivity contribution in [3.8, 4) is 23.8 Å². The molecule has 31 heavy (non-hydrogen) atoms. The summed E-state index contributed by atoms with van der Waals surface area (Å²) in [6, 6.07) is 11.3. The summed E-state index contributed by atoms with van der Waals surface area (Å²) < 4.78 is 24.8. The number of fused-ring (bicyclic) bond motifs is 1. The average Bonchev–Trinajstić information content (AvgIpc) is 3.21. The normalized spacial score (nSPS) is 16.2. The molecular weight excluding hydrogens is 395 g/mol. The highest BCUT2D eigenvalue weighted by Gasteiger charge is 2.21. The average molecular weight is 420 g/mol. The van der Waals surface area contributed by atoms with Gasteiger partial charge in [-0.15, -0.1) is 6.42 Å². The van der Waals surface area contributed by atoms with E-state index in [-0.39, 0.29) is 0 Å². The second-order valence-electron chi connectivity index (χ2n) is 7.48. The molecule has 1 saturated heterocycles. The van der Waals surface area contributed by atoms with Gasteiger partial charge in [-0.3, -0.25) is 0 Å². The molecule has 1 aromatic heterocycles. The smallest absolute Gasteiger partial charge is 0.162 e. The van der Waals surface area contributed by atoms with E-state index in [1.54, 1.807) is 7.11 Å². The molecule has 160 valence electrons. The Morgan fingerprint density at radius 2 is 2.16 bits per heavy atom. The predicted octanol–water partition coefficient (Wildman–Crippen LogP) is 4.18. The van der Waals surface area contributed by atoms with Gasteiger partial charge >= 0.3 is 0 Å². The lowest BCUT2D eigenvalue weighted by atomic mass is 10.2. The first-order valence-electron chi connectivity index (χ1n) is 10.3. The largest absolute Gasteiger partial charge is 0.493 e. The van der Waals surface area contributed by atoms with Gasteiger partial charge in [0.05, 0.1) is 19.2 Å². The summed E-state index contributed by atoms with van der Waals surface area (Å²) in [6.45, 7) is 2.66. The molecule has 0 bridgehead atoms. The number of terminal acetylenes is 1. The lowest BCUT2D eigenvalue weighted by molar-refractivity contribution is 0.243. The van der Waals surface area contributed by atoms with Crippen molar-refractivity contribution in [2.24, 2.45) is 0 Å². The van der Waals surface area contributed by atoms with E-state index in [0.717, 1.165) is 41.7 Å². The molecule has 0 saturated carbocycles. The van der Waals surface area contributed by atoms with Crippen LogP contribution < -0.4 is 14.8 Å². The van der Waals surface area contributed by atoms with Crippen LogP contribution in [0.5, 0.6) is 11.5 Å². The van der Waals surface area contributed by atoms with Gasteiger partial charge in [-0.05, 0) is 37.1 Å². The maximum absolute atomic E-state index is 13.3.